The van der Waals surface area contributed by atoms with Gasteiger partial charge in [-0.15, -0.1) is 0 Å². The fourth-order valence-corrected chi connectivity index (χ4v) is 2.66. The summed E-state index contributed by atoms with van der Waals surface area (Å²) in [5.74, 6) is 0.161. The van der Waals surface area contributed by atoms with E-state index in [2.05, 4.69) is 4.90 Å². The van der Waals surface area contributed by atoms with E-state index in [-0.39, 0.29) is 17.5 Å². The summed E-state index contributed by atoms with van der Waals surface area (Å²) in [6.45, 7) is 1.91. The van der Waals surface area contributed by atoms with Crippen LogP contribution in [-0.4, -0.2) is 23.8 Å². The Morgan fingerprint density at radius 2 is 2.06 bits per heavy atom. The van der Waals surface area contributed by atoms with Crippen LogP contribution in [0.2, 0.25) is 0 Å². The van der Waals surface area contributed by atoms with Crippen molar-refractivity contribution in [2.45, 2.75) is 12.8 Å². The number of rotatable bonds is 1. The van der Waals surface area contributed by atoms with E-state index in [1.54, 1.807) is 6.07 Å². The fraction of sp³-hybridized carbons (Fsp3) is 0.357. The minimum Gasteiger partial charge on any atom is -0.369 e. The van der Waals surface area contributed by atoms with Crippen LogP contribution < -0.4 is 0 Å². The summed E-state index contributed by atoms with van der Waals surface area (Å²) in [6, 6.07) is 6.37. The van der Waals surface area contributed by atoms with Crippen molar-refractivity contribution in [2.24, 2.45) is 5.92 Å². The molecule has 3 heteroatoms. The molecule has 3 heterocycles. The van der Waals surface area contributed by atoms with Gasteiger partial charge >= 0.3 is 0 Å². The zero-order valence-electron chi connectivity index (χ0n) is 9.53. The highest BCUT2D eigenvalue weighted by Gasteiger charge is 2.36. The van der Waals surface area contributed by atoms with E-state index in [4.69, 9.17) is 0 Å². The Morgan fingerprint density at radius 3 is 2.71 bits per heavy atom. The summed E-state index contributed by atoms with van der Waals surface area (Å²) < 4.78 is 13.1. The Labute approximate surface area is 99.7 Å². The number of hydrogen-bond donors (Lipinski definition) is 0. The Kier molecular flexibility index (Phi) is 2.46. The van der Waals surface area contributed by atoms with Crippen LogP contribution in [0.15, 0.2) is 30.0 Å². The minimum atomic E-state index is -0.261. The van der Waals surface area contributed by atoms with Crippen LogP contribution in [0.5, 0.6) is 0 Å². The predicted molar refractivity (Wildman–Crippen MR) is 63.7 cm³/mol. The number of benzene rings is 1. The maximum Gasteiger partial charge on any atom is 0.182 e. The summed E-state index contributed by atoms with van der Waals surface area (Å²) in [6.07, 6.45) is 3.76. The smallest absolute Gasteiger partial charge is 0.182 e. The highest BCUT2D eigenvalue weighted by molar-refractivity contribution is 6.01. The van der Waals surface area contributed by atoms with Crippen LogP contribution in [0, 0.1) is 11.7 Å². The van der Waals surface area contributed by atoms with Gasteiger partial charge in [0.05, 0.1) is 5.70 Å². The normalized spacial score (nSPS) is 22.5. The Balaban J connectivity index is 1.95. The molecule has 1 aromatic rings. The number of carbonyl (C=O) groups excluding carboxylic acids is 1. The first-order chi connectivity index (χ1) is 8.24. The van der Waals surface area contributed by atoms with Crippen molar-refractivity contribution < 1.29 is 9.18 Å². The third-order valence-electron chi connectivity index (χ3n) is 3.61. The molecule has 0 aliphatic carbocycles. The molecule has 0 spiro atoms. The number of allylic oxidation sites excluding steroid dienone is 1. The van der Waals surface area contributed by atoms with Gasteiger partial charge in [-0.05, 0) is 36.6 Å². The first-order valence-electron chi connectivity index (χ1n) is 6.00. The van der Waals surface area contributed by atoms with Crippen molar-refractivity contribution in [3.8, 4) is 0 Å². The molecule has 4 rings (SSSR count). The topological polar surface area (TPSA) is 20.3 Å². The fourth-order valence-electron chi connectivity index (χ4n) is 2.66. The van der Waals surface area contributed by atoms with Crippen LogP contribution in [-0.2, 0) is 4.79 Å². The second kappa shape index (κ2) is 3.99. The first-order valence-corrected chi connectivity index (χ1v) is 6.00. The quantitative estimate of drug-likeness (QED) is 0.692. The number of carbonyl (C=O) groups is 1. The van der Waals surface area contributed by atoms with E-state index in [0.29, 0.717) is 0 Å². The molecule has 2 nitrogen and oxygen atoms in total. The monoisotopic (exact) mass is 231 g/mol. The van der Waals surface area contributed by atoms with Gasteiger partial charge in [0.15, 0.2) is 5.78 Å². The molecule has 0 amide bonds. The van der Waals surface area contributed by atoms with Gasteiger partial charge in [0.2, 0.25) is 0 Å². The summed E-state index contributed by atoms with van der Waals surface area (Å²) in [5, 5.41) is 0. The maximum absolute atomic E-state index is 13.1. The Hall–Kier alpha value is -1.64. The third-order valence-corrected chi connectivity index (χ3v) is 3.61. The van der Waals surface area contributed by atoms with E-state index < -0.39 is 0 Å². The number of hydrogen-bond acceptors (Lipinski definition) is 2. The van der Waals surface area contributed by atoms with Crippen LogP contribution in [0.25, 0.3) is 6.08 Å². The molecule has 3 saturated heterocycles. The average molecular weight is 231 g/mol. The lowest BCUT2D eigenvalue weighted by molar-refractivity contribution is -0.125. The van der Waals surface area contributed by atoms with Gasteiger partial charge < -0.3 is 4.90 Å². The molecule has 17 heavy (non-hydrogen) atoms. The molecule has 3 fully saturated rings. The van der Waals surface area contributed by atoms with Crippen molar-refractivity contribution in [1.82, 2.24) is 4.90 Å². The van der Waals surface area contributed by atoms with E-state index >= 15 is 0 Å². The molecular weight excluding hydrogens is 217 g/mol. The molecule has 1 aromatic carbocycles. The molecule has 0 unspecified atom stereocenters. The lowest BCUT2D eigenvalue weighted by Crippen LogP contribution is -2.45. The third kappa shape index (κ3) is 1.86. The Morgan fingerprint density at radius 1 is 1.29 bits per heavy atom. The number of ketones is 1. The zero-order valence-corrected chi connectivity index (χ0v) is 9.53. The predicted octanol–water partition coefficient (Wildman–Crippen LogP) is 2.46. The SMILES string of the molecule is O=C1/C(=C\c2cccc(F)c2)N2CCC1CC2. The lowest BCUT2D eigenvalue weighted by atomic mass is 9.84. The highest BCUT2D eigenvalue weighted by Crippen LogP contribution is 2.32. The molecule has 0 aromatic heterocycles. The second-order valence-corrected chi connectivity index (χ2v) is 4.71. The molecule has 88 valence electrons. The van der Waals surface area contributed by atoms with E-state index in [1.807, 2.05) is 12.1 Å². The first kappa shape index (κ1) is 10.5. The van der Waals surface area contributed by atoms with E-state index in [9.17, 15) is 9.18 Å². The number of piperidine rings is 3. The van der Waals surface area contributed by atoms with Crippen LogP contribution in [0.4, 0.5) is 4.39 Å². The standard InChI is InChI=1S/C14H14FNO/c15-12-3-1-2-10(8-12)9-13-14(17)11-4-6-16(13)7-5-11/h1-3,8-9,11H,4-7H2/b13-9+. The van der Waals surface area contributed by atoms with Crippen LogP contribution in [0.3, 0.4) is 0 Å². The zero-order chi connectivity index (χ0) is 11.8. The molecule has 2 bridgehead atoms. The van der Waals surface area contributed by atoms with Crippen molar-refractivity contribution in [3.05, 3.63) is 41.3 Å². The van der Waals surface area contributed by atoms with Crippen molar-refractivity contribution in [2.75, 3.05) is 13.1 Å². The highest BCUT2D eigenvalue weighted by atomic mass is 19.1. The molecule has 3 aliphatic heterocycles. The van der Waals surface area contributed by atoms with Crippen molar-refractivity contribution >= 4 is 11.9 Å². The second-order valence-electron chi connectivity index (χ2n) is 4.71. The lowest BCUT2D eigenvalue weighted by Gasteiger charge is -2.41. The molecule has 3 aliphatic rings. The van der Waals surface area contributed by atoms with Crippen molar-refractivity contribution in [1.29, 1.82) is 0 Å². The molecule has 0 saturated carbocycles. The Bertz CT molecular complexity index is 487. The van der Waals surface area contributed by atoms with Crippen molar-refractivity contribution in [3.63, 3.8) is 0 Å². The summed E-state index contributed by atoms with van der Waals surface area (Å²) in [7, 11) is 0. The van der Waals surface area contributed by atoms with E-state index in [0.717, 1.165) is 37.2 Å². The van der Waals surface area contributed by atoms with Gasteiger partial charge in [-0.2, -0.15) is 0 Å². The summed E-state index contributed by atoms with van der Waals surface area (Å²) in [4.78, 5) is 14.2. The van der Waals surface area contributed by atoms with Crippen LogP contribution in [0.1, 0.15) is 18.4 Å². The van der Waals surface area contributed by atoms with Gasteiger partial charge in [-0.25, -0.2) is 4.39 Å². The van der Waals surface area contributed by atoms with Gasteiger partial charge in [0.1, 0.15) is 5.82 Å². The van der Waals surface area contributed by atoms with Gasteiger partial charge in [-0.1, -0.05) is 12.1 Å². The number of fused-ring (bicyclic) bond motifs is 3. The molecular formula is C14H14FNO. The molecule has 0 atom stereocenters. The maximum atomic E-state index is 13.1. The van der Waals surface area contributed by atoms with E-state index in [1.165, 1.54) is 12.1 Å². The number of halogens is 1. The number of Topliss-reactive ketones (excluding diaryl/α,β-unsaturated/α-hetero) is 1. The average Bonchev–Trinajstić information content (AvgIpc) is 2.34. The number of nitrogens with zero attached hydrogens (tertiary/aromatic N) is 1. The molecule has 0 N–H and O–H groups in total. The molecule has 0 radical (unpaired) electrons. The van der Waals surface area contributed by atoms with Gasteiger partial charge in [-0.3, -0.25) is 4.79 Å². The van der Waals surface area contributed by atoms with Gasteiger partial charge in [0, 0.05) is 19.0 Å². The van der Waals surface area contributed by atoms with Gasteiger partial charge in [0.25, 0.3) is 0 Å². The summed E-state index contributed by atoms with van der Waals surface area (Å²) >= 11 is 0. The summed E-state index contributed by atoms with van der Waals surface area (Å²) in [5.41, 5.74) is 1.53. The minimum absolute atomic E-state index is 0.194. The largest absolute Gasteiger partial charge is 0.369 e. The van der Waals surface area contributed by atoms with Crippen LogP contribution >= 0.6 is 0 Å².